The highest BCUT2D eigenvalue weighted by atomic mass is 32.2. The molecule has 0 fully saturated rings. The molecular formula is C22H17F3N4O6S. The zero-order chi connectivity index (χ0) is 26.7. The second-order valence-electron chi connectivity index (χ2n) is 7.30. The lowest BCUT2D eigenvalue weighted by Crippen LogP contribution is -2.29. The Morgan fingerprint density at radius 2 is 1.58 bits per heavy atom. The van der Waals surface area contributed by atoms with E-state index in [1.165, 1.54) is 30.3 Å². The van der Waals surface area contributed by atoms with Crippen LogP contribution in [0.2, 0.25) is 0 Å². The van der Waals surface area contributed by atoms with Crippen LogP contribution in [0.4, 0.5) is 35.9 Å². The summed E-state index contributed by atoms with van der Waals surface area (Å²) in [6, 6.07) is 12.3. The van der Waals surface area contributed by atoms with Crippen molar-refractivity contribution in [2.45, 2.75) is 18.0 Å². The molecule has 2 amide bonds. The number of carbonyl (C=O) groups excluding carboxylic acids is 2. The van der Waals surface area contributed by atoms with Gasteiger partial charge in [0.2, 0.25) is 5.91 Å². The minimum absolute atomic E-state index is 0.0926. The first-order valence-electron chi connectivity index (χ1n) is 9.94. The second kappa shape index (κ2) is 10.0. The van der Waals surface area contributed by atoms with Crippen molar-refractivity contribution in [2.75, 3.05) is 10.6 Å². The molecule has 3 aromatic rings. The van der Waals surface area contributed by atoms with Crippen molar-refractivity contribution >= 4 is 44.6 Å². The third-order valence-electron chi connectivity index (χ3n) is 4.65. The molecule has 36 heavy (non-hydrogen) atoms. The van der Waals surface area contributed by atoms with Gasteiger partial charge in [-0.15, -0.1) is 0 Å². The average molecular weight is 522 g/mol. The number of benzene rings is 3. The summed E-state index contributed by atoms with van der Waals surface area (Å²) in [5, 5.41) is 16.6. The van der Waals surface area contributed by atoms with Gasteiger partial charge in [-0.25, -0.2) is 13.1 Å². The molecule has 188 valence electrons. The first-order chi connectivity index (χ1) is 16.8. The van der Waals surface area contributed by atoms with Gasteiger partial charge < -0.3 is 10.6 Å². The largest absolute Gasteiger partial charge is 0.416 e. The Hall–Kier alpha value is -4.46. The molecular weight excluding hydrogens is 505 g/mol. The standard InChI is InChI=1S/C22H17F3N4O6S/c1-13(30)28-36(34,35)20-5-3-2-4-18(20)27-21(31)14-6-11-17(19(12-14)29(32)33)26-16-9-7-15(8-10-16)22(23,24)25/h2-12,26H,1H3,(H,27,31)(H,28,30). The predicted octanol–water partition coefficient (Wildman–Crippen LogP) is 4.43. The molecule has 3 N–H and O–H groups in total. The predicted molar refractivity (Wildman–Crippen MR) is 123 cm³/mol. The quantitative estimate of drug-likeness (QED) is 0.307. The van der Waals surface area contributed by atoms with E-state index in [9.17, 15) is 41.3 Å². The fourth-order valence-electron chi connectivity index (χ4n) is 3.07. The Bertz CT molecular complexity index is 1440. The lowest BCUT2D eigenvalue weighted by molar-refractivity contribution is -0.383. The summed E-state index contributed by atoms with van der Waals surface area (Å²) >= 11 is 0. The zero-order valence-electron chi connectivity index (χ0n) is 18.3. The van der Waals surface area contributed by atoms with Crippen LogP contribution in [0.15, 0.2) is 71.6 Å². The smallest absolute Gasteiger partial charge is 0.350 e. The molecule has 0 atom stereocenters. The van der Waals surface area contributed by atoms with E-state index in [4.69, 9.17) is 0 Å². The van der Waals surface area contributed by atoms with Crippen molar-refractivity contribution in [1.82, 2.24) is 4.72 Å². The summed E-state index contributed by atoms with van der Waals surface area (Å²) in [6.45, 7) is 0.998. The number of sulfonamides is 1. The number of nitrogens with one attached hydrogen (secondary N) is 3. The van der Waals surface area contributed by atoms with Gasteiger partial charge in [0.15, 0.2) is 0 Å². The van der Waals surface area contributed by atoms with Crippen LogP contribution >= 0.6 is 0 Å². The summed E-state index contributed by atoms with van der Waals surface area (Å²) in [4.78, 5) is 34.4. The van der Waals surface area contributed by atoms with E-state index < -0.39 is 49.1 Å². The molecule has 0 saturated carbocycles. The van der Waals surface area contributed by atoms with Crippen LogP contribution in [0.5, 0.6) is 0 Å². The van der Waals surface area contributed by atoms with E-state index in [-0.39, 0.29) is 22.6 Å². The normalized spacial score (nSPS) is 11.4. The van der Waals surface area contributed by atoms with Gasteiger partial charge in [0.1, 0.15) is 10.6 Å². The third-order valence-corrected chi connectivity index (χ3v) is 6.14. The monoisotopic (exact) mass is 522 g/mol. The summed E-state index contributed by atoms with van der Waals surface area (Å²) in [5.41, 5.74) is -1.78. The van der Waals surface area contributed by atoms with Gasteiger partial charge in [-0.05, 0) is 48.5 Å². The van der Waals surface area contributed by atoms with Gasteiger partial charge in [0.25, 0.3) is 21.6 Å². The summed E-state index contributed by atoms with van der Waals surface area (Å²) in [6.07, 6.45) is -4.54. The van der Waals surface area contributed by atoms with Gasteiger partial charge in [-0.1, -0.05) is 12.1 Å². The highest BCUT2D eigenvalue weighted by Crippen LogP contribution is 2.33. The maximum absolute atomic E-state index is 12.7. The molecule has 0 unspecified atom stereocenters. The number of nitro groups is 1. The zero-order valence-corrected chi connectivity index (χ0v) is 19.1. The maximum Gasteiger partial charge on any atom is 0.416 e. The number of alkyl halides is 3. The molecule has 0 radical (unpaired) electrons. The van der Waals surface area contributed by atoms with Crippen molar-refractivity contribution in [3.63, 3.8) is 0 Å². The molecule has 3 rings (SSSR count). The topological polar surface area (TPSA) is 148 Å². The Morgan fingerprint density at radius 3 is 2.17 bits per heavy atom. The van der Waals surface area contributed by atoms with Gasteiger partial charge in [-0.3, -0.25) is 19.7 Å². The van der Waals surface area contributed by atoms with Crippen LogP contribution in [0.3, 0.4) is 0 Å². The Labute approximate surface area is 202 Å². The number of anilines is 3. The molecule has 10 nitrogen and oxygen atoms in total. The fraction of sp³-hybridized carbons (Fsp3) is 0.0909. The van der Waals surface area contributed by atoms with Crippen LogP contribution in [0.1, 0.15) is 22.8 Å². The lowest BCUT2D eigenvalue weighted by atomic mass is 10.1. The van der Waals surface area contributed by atoms with Gasteiger partial charge in [-0.2, -0.15) is 13.2 Å². The van der Waals surface area contributed by atoms with Crippen LogP contribution < -0.4 is 15.4 Å². The number of nitrogens with zero attached hydrogens (tertiary/aromatic N) is 1. The van der Waals surface area contributed by atoms with E-state index in [2.05, 4.69) is 10.6 Å². The number of amides is 2. The van der Waals surface area contributed by atoms with E-state index in [0.29, 0.717) is 0 Å². The highest BCUT2D eigenvalue weighted by molar-refractivity contribution is 7.90. The van der Waals surface area contributed by atoms with E-state index in [1.807, 2.05) is 0 Å². The molecule has 0 saturated heterocycles. The second-order valence-corrected chi connectivity index (χ2v) is 8.95. The minimum atomic E-state index is -4.54. The number of carbonyl (C=O) groups is 2. The molecule has 0 aliphatic heterocycles. The van der Waals surface area contributed by atoms with E-state index in [0.717, 1.165) is 43.3 Å². The summed E-state index contributed by atoms with van der Waals surface area (Å²) in [5.74, 6) is -1.73. The average Bonchev–Trinajstić information content (AvgIpc) is 2.78. The van der Waals surface area contributed by atoms with Crippen LogP contribution in [-0.4, -0.2) is 25.2 Å². The Kier molecular flexibility index (Phi) is 7.29. The number of rotatable bonds is 7. The first kappa shape index (κ1) is 26.2. The summed E-state index contributed by atoms with van der Waals surface area (Å²) in [7, 11) is -4.30. The number of para-hydroxylation sites is 1. The molecule has 14 heteroatoms. The molecule has 3 aromatic carbocycles. The number of nitro benzene ring substituents is 1. The van der Waals surface area contributed by atoms with Crippen molar-refractivity contribution in [3.05, 3.63) is 88.0 Å². The molecule has 0 aromatic heterocycles. The first-order valence-corrected chi connectivity index (χ1v) is 11.4. The van der Waals surface area contributed by atoms with Crippen molar-refractivity contribution < 1.29 is 36.1 Å². The molecule has 0 heterocycles. The highest BCUT2D eigenvalue weighted by Gasteiger charge is 2.30. The molecule has 0 aliphatic carbocycles. The van der Waals surface area contributed by atoms with Crippen molar-refractivity contribution in [3.8, 4) is 0 Å². The number of halogens is 3. The Balaban J connectivity index is 1.88. The van der Waals surface area contributed by atoms with E-state index in [1.54, 1.807) is 4.72 Å². The molecule has 0 bridgehead atoms. The summed E-state index contributed by atoms with van der Waals surface area (Å²) < 4.78 is 64.7. The van der Waals surface area contributed by atoms with Crippen molar-refractivity contribution in [1.29, 1.82) is 0 Å². The SMILES string of the molecule is CC(=O)NS(=O)(=O)c1ccccc1NC(=O)c1ccc(Nc2ccc(C(F)(F)F)cc2)c([N+](=O)[O-])c1. The minimum Gasteiger partial charge on any atom is -0.350 e. The fourth-order valence-corrected chi connectivity index (χ4v) is 4.23. The molecule has 0 aliphatic rings. The van der Waals surface area contributed by atoms with Crippen LogP contribution in [0, 0.1) is 10.1 Å². The van der Waals surface area contributed by atoms with Crippen LogP contribution in [0.25, 0.3) is 0 Å². The van der Waals surface area contributed by atoms with Crippen LogP contribution in [-0.2, 0) is 21.0 Å². The van der Waals surface area contributed by atoms with Gasteiger partial charge >= 0.3 is 6.18 Å². The Morgan fingerprint density at radius 1 is 0.944 bits per heavy atom. The third kappa shape index (κ3) is 6.15. The van der Waals surface area contributed by atoms with Gasteiger partial charge in [0.05, 0.1) is 16.2 Å². The van der Waals surface area contributed by atoms with E-state index >= 15 is 0 Å². The number of hydrogen-bond acceptors (Lipinski definition) is 7. The van der Waals surface area contributed by atoms with Gasteiger partial charge in [0, 0.05) is 24.2 Å². The lowest BCUT2D eigenvalue weighted by Gasteiger charge is -2.13. The molecule has 0 spiro atoms. The van der Waals surface area contributed by atoms with Crippen molar-refractivity contribution in [2.24, 2.45) is 0 Å². The number of hydrogen-bond donors (Lipinski definition) is 3. The maximum atomic E-state index is 12.7.